The first-order chi connectivity index (χ1) is 15.4. The topological polar surface area (TPSA) is 81.4 Å². The number of rotatable bonds is 7. The van der Waals surface area contributed by atoms with Crippen LogP contribution in [0.15, 0.2) is 48.5 Å². The number of nitrogens with two attached hydrogens (primary N) is 1. The quantitative estimate of drug-likeness (QED) is 0.565. The average molecular weight is 463 g/mol. The van der Waals surface area contributed by atoms with Crippen molar-refractivity contribution in [2.75, 3.05) is 0 Å². The van der Waals surface area contributed by atoms with E-state index in [1.807, 2.05) is 24.3 Å². The lowest BCUT2D eigenvalue weighted by Gasteiger charge is -2.34. The lowest BCUT2D eigenvalue weighted by atomic mass is 9.75. The van der Waals surface area contributed by atoms with Crippen molar-refractivity contribution < 1.29 is 27.5 Å². The van der Waals surface area contributed by atoms with E-state index >= 15 is 0 Å². The highest BCUT2D eigenvalue weighted by Crippen LogP contribution is 2.35. The molecule has 178 valence electrons. The molecular weight excluding hydrogens is 433 g/mol. The highest BCUT2D eigenvalue weighted by Gasteiger charge is 2.43. The fraction of sp³-hybridized carbons (Fsp3) is 0.440. The normalized spacial score (nSPS) is 17.4. The molecule has 3 N–H and O–H groups in total. The van der Waals surface area contributed by atoms with Crippen LogP contribution in [0.25, 0.3) is 11.1 Å². The van der Waals surface area contributed by atoms with Crippen molar-refractivity contribution in [3.63, 3.8) is 0 Å². The van der Waals surface area contributed by atoms with Gasteiger partial charge in [0, 0.05) is 18.2 Å². The van der Waals surface area contributed by atoms with Crippen LogP contribution in [0.5, 0.6) is 0 Å². The Bertz CT molecular complexity index is 977. The molecule has 0 spiro atoms. The van der Waals surface area contributed by atoms with Gasteiger partial charge >= 0.3 is 12.1 Å². The van der Waals surface area contributed by atoms with Gasteiger partial charge in [0.15, 0.2) is 0 Å². The molecule has 0 aliphatic heterocycles. The number of primary amides is 1. The van der Waals surface area contributed by atoms with Gasteiger partial charge in [-0.15, -0.1) is 0 Å². The predicted octanol–water partition coefficient (Wildman–Crippen LogP) is 5.04. The SMILES string of the molecule is CC1(C)CCC(NCc2ccc(-c3cccc(C(OC(=O)C(F)(F)F)C(N)=O)c3)cc2)CC1. The number of esters is 1. The molecule has 8 heteroatoms. The number of nitrogens with one attached hydrogen (secondary N) is 1. The van der Waals surface area contributed by atoms with Gasteiger partial charge in [-0.05, 0) is 53.9 Å². The summed E-state index contributed by atoms with van der Waals surface area (Å²) < 4.78 is 42.0. The van der Waals surface area contributed by atoms with Gasteiger partial charge in [0.1, 0.15) is 0 Å². The summed E-state index contributed by atoms with van der Waals surface area (Å²) in [5.74, 6) is -3.65. The van der Waals surface area contributed by atoms with Gasteiger partial charge < -0.3 is 15.8 Å². The number of ether oxygens (including phenoxy) is 1. The first kappa shape index (κ1) is 24.8. The van der Waals surface area contributed by atoms with Crippen LogP contribution in [0, 0.1) is 5.41 Å². The maximum Gasteiger partial charge on any atom is 0.490 e. The largest absolute Gasteiger partial charge is 0.490 e. The molecular formula is C25H29F3N2O3. The molecule has 1 saturated carbocycles. The number of hydrogen-bond donors (Lipinski definition) is 2. The predicted molar refractivity (Wildman–Crippen MR) is 119 cm³/mol. The van der Waals surface area contributed by atoms with Crippen molar-refractivity contribution in [3.8, 4) is 11.1 Å². The molecule has 2 aromatic carbocycles. The van der Waals surface area contributed by atoms with Gasteiger partial charge in [0.25, 0.3) is 5.91 Å². The number of carbonyl (C=O) groups excluding carboxylic acids is 2. The minimum absolute atomic E-state index is 0.0727. The van der Waals surface area contributed by atoms with E-state index in [-0.39, 0.29) is 5.56 Å². The molecule has 1 atom stereocenters. The zero-order valence-corrected chi connectivity index (χ0v) is 18.7. The maximum absolute atomic E-state index is 12.6. The van der Waals surface area contributed by atoms with E-state index in [1.54, 1.807) is 12.1 Å². The van der Waals surface area contributed by atoms with Gasteiger partial charge in [-0.2, -0.15) is 13.2 Å². The van der Waals surface area contributed by atoms with E-state index in [0.29, 0.717) is 17.0 Å². The third kappa shape index (κ3) is 6.81. The monoisotopic (exact) mass is 462 g/mol. The third-order valence-corrected chi connectivity index (χ3v) is 6.13. The first-order valence-corrected chi connectivity index (χ1v) is 10.9. The number of carbonyl (C=O) groups is 2. The summed E-state index contributed by atoms with van der Waals surface area (Å²) in [7, 11) is 0. The second-order valence-electron chi connectivity index (χ2n) is 9.33. The lowest BCUT2D eigenvalue weighted by Crippen LogP contribution is -2.35. The lowest BCUT2D eigenvalue weighted by molar-refractivity contribution is -0.205. The number of alkyl halides is 3. The molecule has 0 bridgehead atoms. The maximum atomic E-state index is 12.6. The van der Waals surface area contributed by atoms with Crippen LogP contribution in [0.1, 0.15) is 56.8 Å². The summed E-state index contributed by atoms with van der Waals surface area (Å²) in [5.41, 5.74) is 8.28. The minimum Gasteiger partial charge on any atom is -0.441 e. The highest BCUT2D eigenvalue weighted by molar-refractivity contribution is 5.85. The summed E-state index contributed by atoms with van der Waals surface area (Å²) in [4.78, 5) is 22.9. The Morgan fingerprint density at radius 2 is 1.73 bits per heavy atom. The van der Waals surface area contributed by atoms with E-state index in [1.165, 1.54) is 25.0 Å². The van der Waals surface area contributed by atoms with Crippen LogP contribution in [0.3, 0.4) is 0 Å². The van der Waals surface area contributed by atoms with E-state index in [2.05, 4.69) is 23.9 Å². The standard InChI is InChI=1S/C25H29F3N2O3/c1-24(2)12-10-20(11-13-24)30-15-16-6-8-17(9-7-16)18-4-3-5-19(14-18)21(22(29)31)33-23(32)25(26,27)28/h3-9,14,20-21,30H,10-13,15H2,1-2H3,(H2,29,31). The Kier molecular flexibility index (Phi) is 7.47. The Morgan fingerprint density at radius 1 is 1.09 bits per heavy atom. The molecule has 1 unspecified atom stereocenters. The second kappa shape index (κ2) is 9.95. The average Bonchev–Trinajstić information content (AvgIpc) is 2.76. The number of benzene rings is 2. The summed E-state index contributed by atoms with van der Waals surface area (Å²) in [6.07, 6.45) is -2.30. The Hall–Kier alpha value is -2.87. The molecule has 0 saturated heterocycles. The van der Waals surface area contributed by atoms with Crippen molar-refractivity contribution in [1.82, 2.24) is 5.32 Å². The summed E-state index contributed by atoms with van der Waals surface area (Å²) in [6, 6.07) is 14.5. The zero-order chi connectivity index (χ0) is 24.2. The van der Waals surface area contributed by atoms with Crippen LogP contribution >= 0.6 is 0 Å². The number of halogens is 3. The van der Waals surface area contributed by atoms with Crippen LogP contribution in [0.4, 0.5) is 13.2 Å². The van der Waals surface area contributed by atoms with E-state index < -0.39 is 24.2 Å². The molecule has 2 aromatic rings. The molecule has 1 amide bonds. The summed E-state index contributed by atoms with van der Waals surface area (Å²) in [6.45, 7) is 5.37. The van der Waals surface area contributed by atoms with Crippen molar-refractivity contribution in [2.45, 2.75) is 64.4 Å². The van der Waals surface area contributed by atoms with Crippen molar-refractivity contribution >= 4 is 11.9 Å². The minimum atomic E-state index is -5.22. The van der Waals surface area contributed by atoms with E-state index in [4.69, 9.17) is 5.73 Å². The summed E-state index contributed by atoms with van der Waals surface area (Å²) in [5, 5.41) is 3.61. The molecule has 33 heavy (non-hydrogen) atoms. The van der Waals surface area contributed by atoms with Gasteiger partial charge in [-0.3, -0.25) is 4.79 Å². The Balaban J connectivity index is 1.67. The van der Waals surface area contributed by atoms with Gasteiger partial charge in [-0.25, -0.2) is 4.79 Å². The van der Waals surface area contributed by atoms with Gasteiger partial charge in [-0.1, -0.05) is 56.3 Å². The molecule has 0 radical (unpaired) electrons. The van der Waals surface area contributed by atoms with Gasteiger partial charge in [0.05, 0.1) is 0 Å². The fourth-order valence-corrected chi connectivity index (χ4v) is 4.03. The molecule has 3 rings (SSSR count). The highest BCUT2D eigenvalue weighted by atomic mass is 19.4. The van der Waals surface area contributed by atoms with Crippen molar-refractivity contribution in [1.29, 1.82) is 0 Å². The van der Waals surface area contributed by atoms with E-state index in [0.717, 1.165) is 30.5 Å². The van der Waals surface area contributed by atoms with Crippen LogP contribution in [-0.2, 0) is 20.9 Å². The fourth-order valence-electron chi connectivity index (χ4n) is 4.03. The molecule has 1 aliphatic carbocycles. The van der Waals surface area contributed by atoms with Gasteiger partial charge in [0.2, 0.25) is 6.10 Å². The number of hydrogen-bond acceptors (Lipinski definition) is 4. The Morgan fingerprint density at radius 3 is 2.30 bits per heavy atom. The Labute approximate surface area is 191 Å². The third-order valence-electron chi connectivity index (χ3n) is 6.13. The molecule has 0 heterocycles. The van der Waals surface area contributed by atoms with Crippen LogP contribution in [-0.4, -0.2) is 24.1 Å². The van der Waals surface area contributed by atoms with Crippen LogP contribution < -0.4 is 11.1 Å². The molecule has 5 nitrogen and oxygen atoms in total. The smallest absolute Gasteiger partial charge is 0.441 e. The number of amides is 1. The van der Waals surface area contributed by atoms with Crippen LogP contribution in [0.2, 0.25) is 0 Å². The second-order valence-corrected chi connectivity index (χ2v) is 9.33. The van der Waals surface area contributed by atoms with Crippen molar-refractivity contribution in [2.24, 2.45) is 11.1 Å². The molecule has 1 aliphatic rings. The first-order valence-electron chi connectivity index (χ1n) is 10.9. The molecule has 0 aromatic heterocycles. The molecule has 1 fully saturated rings. The van der Waals surface area contributed by atoms with E-state index in [9.17, 15) is 22.8 Å². The summed E-state index contributed by atoms with van der Waals surface area (Å²) >= 11 is 0. The van der Waals surface area contributed by atoms with Crippen molar-refractivity contribution in [3.05, 3.63) is 59.7 Å². The zero-order valence-electron chi connectivity index (χ0n) is 18.7.